The highest BCUT2D eigenvalue weighted by molar-refractivity contribution is 7.89. The van der Waals surface area contributed by atoms with E-state index in [0.717, 1.165) is 10.7 Å². The van der Waals surface area contributed by atoms with Gasteiger partial charge in [-0.25, -0.2) is 8.42 Å². The largest absolute Gasteiger partial charge is 0.355 e. The fraction of sp³-hybridized carbons (Fsp3) is 0.692. The van der Waals surface area contributed by atoms with Gasteiger partial charge in [0, 0.05) is 13.6 Å². The smallest absolute Gasteiger partial charge is 0.246 e. The minimum Gasteiger partial charge on any atom is -0.355 e. The highest BCUT2D eigenvalue weighted by Gasteiger charge is 2.28. The number of likely N-dealkylation sites (N-methyl/N-ethyl adjacent to an activating group) is 1. The van der Waals surface area contributed by atoms with Crippen molar-refractivity contribution >= 4 is 15.9 Å². The van der Waals surface area contributed by atoms with Crippen molar-refractivity contribution in [3.8, 4) is 0 Å². The zero-order chi connectivity index (χ0) is 16.2. The van der Waals surface area contributed by atoms with Crippen LogP contribution in [-0.4, -0.2) is 49.0 Å². The Balaban J connectivity index is 2.70. The van der Waals surface area contributed by atoms with Crippen LogP contribution in [-0.2, 0) is 14.8 Å². The van der Waals surface area contributed by atoms with Crippen LogP contribution in [0.2, 0.25) is 0 Å². The second kappa shape index (κ2) is 7.04. The van der Waals surface area contributed by atoms with Gasteiger partial charge < -0.3 is 5.32 Å². The van der Waals surface area contributed by atoms with Crippen LogP contribution in [0.3, 0.4) is 0 Å². The summed E-state index contributed by atoms with van der Waals surface area (Å²) in [6.07, 6.45) is 0.863. The van der Waals surface area contributed by atoms with Gasteiger partial charge in [-0.05, 0) is 26.2 Å². The standard InChI is InChI=1S/C13H24N4O3S/c1-9(2)6-7-14-12(18)8-17(5)21(19,20)13-10(3)15-16-11(13)4/h9H,6-8H2,1-5H3,(H,14,18)(H,15,16). The second-order valence-corrected chi connectivity index (χ2v) is 7.54. The zero-order valence-electron chi connectivity index (χ0n) is 13.2. The van der Waals surface area contributed by atoms with Crippen molar-refractivity contribution in [3.63, 3.8) is 0 Å². The maximum atomic E-state index is 12.4. The number of sulfonamides is 1. The number of nitrogens with one attached hydrogen (secondary N) is 2. The highest BCUT2D eigenvalue weighted by Crippen LogP contribution is 2.20. The molecule has 1 aromatic rings. The number of hydrogen-bond donors (Lipinski definition) is 2. The van der Waals surface area contributed by atoms with E-state index in [1.807, 2.05) is 0 Å². The first-order valence-electron chi connectivity index (χ1n) is 6.90. The molecule has 0 fully saturated rings. The predicted octanol–water partition coefficient (Wildman–Crippen LogP) is 0.809. The Kier molecular flexibility index (Phi) is 5.91. The Bertz CT molecular complexity index is 573. The summed E-state index contributed by atoms with van der Waals surface area (Å²) >= 11 is 0. The molecule has 0 radical (unpaired) electrons. The normalized spacial score (nSPS) is 12.1. The Labute approximate surface area is 126 Å². The molecule has 0 unspecified atom stereocenters. The molecule has 0 aliphatic heterocycles. The zero-order valence-corrected chi connectivity index (χ0v) is 14.0. The predicted molar refractivity (Wildman–Crippen MR) is 80.3 cm³/mol. The Hall–Kier alpha value is -1.41. The van der Waals surface area contributed by atoms with Crippen LogP contribution in [0.4, 0.5) is 0 Å². The summed E-state index contributed by atoms with van der Waals surface area (Å²) in [6, 6.07) is 0. The molecule has 1 heterocycles. The molecular formula is C13H24N4O3S. The molecule has 1 rings (SSSR count). The van der Waals surface area contributed by atoms with Gasteiger partial charge in [-0.3, -0.25) is 9.89 Å². The summed E-state index contributed by atoms with van der Waals surface area (Å²) in [7, 11) is -2.32. The average molecular weight is 316 g/mol. The van der Waals surface area contributed by atoms with Gasteiger partial charge in [-0.1, -0.05) is 13.8 Å². The molecule has 1 aromatic heterocycles. The maximum Gasteiger partial charge on any atom is 0.246 e. The van der Waals surface area contributed by atoms with Crippen molar-refractivity contribution in [1.29, 1.82) is 0 Å². The van der Waals surface area contributed by atoms with E-state index in [9.17, 15) is 13.2 Å². The number of nitrogens with zero attached hydrogens (tertiary/aromatic N) is 2. The summed E-state index contributed by atoms with van der Waals surface area (Å²) in [5.41, 5.74) is 0.874. The lowest BCUT2D eigenvalue weighted by Crippen LogP contribution is -2.39. The third-order valence-electron chi connectivity index (χ3n) is 3.14. The average Bonchev–Trinajstić information content (AvgIpc) is 2.68. The topological polar surface area (TPSA) is 95.2 Å². The Morgan fingerprint density at radius 1 is 1.38 bits per heavy atom. The summed E-state index contributed by atoms with van der Waals surface area (Å²) in [5.74, 6) is 0.184. The van der Waals surface area contributed by atoms with Crippen LogP contribution in [0, 0.1) is 19.8 Å². The lowest BCUT2D eigenvalue weighted by atomic mass is 10.1. The van der Waals surface area contributed by atoms with Crippen molar-refractivity contribution < 1.29 is 13.2 Å². The molecule has 0 spiro atoms. The number of rotatable bonds is 7. The minimum atomic E-state index is -3.71. The number of amides is 1. The van der Waals surface area contributed by atoms with Crippen molar-refractivity contribution in [2.24, 2.45) is 5.92 Å². The first-order chi connectivity index (χ1) is 9.66. The van der Waals surface area contributed by atoms with E-state index in [-0.39, 0.29) is 17.3 Å². The second-order valence-electron chi connectivity index (χ2n) is 5.56. The van der Waals surface area contributed by atoms with Gasteiger partial charge in [0.1, 0.15) is 4.90 Å². The van der Waals surface area contributed by atoms with Crippen LogP contribution < -0.4 is 5.32 Å². The molecule has 0 saturated carbocycles. The third kappa shape index (κ3) is 4.53. The maximum absolute atomic E-state index is 12.4. The van der Waals surface area contributed by atoms with Crippen LogP contribution in [0.1, 0.15) is 31.7 Å². The summed E-state index contributed by atoms with van der Waals surface area (Å²) in [6.45, 7) is 7.73. The first kappa shape index (κ1) is 17.6. The van der Waals surface area contributed by atoms with Crippen molar-refractivity contribution in [1.82, 2.24) is 19.8 Å². The van der Waals surface area contributed by atoms with E-state index in [1.165, 1.54) is 7.05 Å². The Morgan fingerprint density at radius 3 is 2.48 bits per heavy atom. The number of aryl methyl sites for hydroxylation is 2. The van der Waals surface area contributed by atoms with Gasteiger partial charge >= 0.3 is 0 Å². The molecule has 8 heteroatoms. The number of H-pyrrole nitrogens is 1. The van der Waals surface area contributed by atoms with Crippen molar-refractivity contribution in [2.45, 2.75) is 39.0 Å². The van der Waals surface area contributed by atoms with Crippen LogP contribution in [0.25, 0.3) is 0 Å². The molecule has 0 aromatic carbocycles. The molecule has 0 atom stereocenters. The van der Waals surface area contributed by atoms with E-state index >= 15 is 0 Å². The van der Waals surface area contributed by atoms with E-state index < -0.39 is 10.0 Å². The van der Waals surface area contributed by atoms with E-state index in [1.54, 1.807) is 13.8 Å². The third-order valence-corrected chi connectivity index (χ3v) is 5.21. The molecular weight excluding hydrogens is 292 g/mol. The lowest BCUT2D eigenvalue weighted by Gasteiger charge is -2.17. The summed E-state index contributed by atoms with van der Waals surface area (Å²) in [5, 5.41) is 9.25. The molecule has 0 bridgehead atoms. The van der Waals surface area contributed by atoms with Gasteiger partial charge in [0.15, 0.2) is 0 Å². The van der Waals surface area contributed by atoms with Crippen LogP contribution in [0.15, 0.2) is 4.90 Å². The van der Waals surface area contributed by atoms with Crippen LogP contribution >= 0.6 is 0 Å². The number of carbonyl (C=O) groups is 1. The van der Waals surface area contributed by atoms with Crippen LogP contribution in [0.5, 0.6) is 0 Å². The number of aromatic amines is 1. The molecule has 1 amide bonds. The van der Waals surface area contributed by atoms with Gasteiger partial charge in [0.05, 0.1) is 17.9 Å². The SMILES string of the molecule is Cc1n[nH]c(C)c1S(=O)(=O)N(C)CC(=O)NCCC(C)C. The minimum absolute atomic E-state index is 0.139. The molecule has 0 aliphatic rings. The molecule has 21 heavy (non-hydrogen) atoms. The van der Waals surface area contributed by atoms with Gasteiger partial charge in [0.2, 0.25) is 15.9 Å². The molecule has 2 N–H and O–H groups in total. The molecule has 7 nitrogen and oxygen atoms in total. The molecule has 0 aliphatic carbocycles. The van der Waals surface area contributed by atoms with Gasteiger partial charge in [-0.15, -0.1) is 0 Å². The van der Waals surface area contributed by atoms with Gasteiger partial charge in [0.25, 0.3) is 0 Å². The monoisotopic (exact) mass is 316 g/mol. The fourth-order valence-corrected chi connectivity index (χ4v) is 3.37. The van der Waals surface area contributed by atoms with E-state index in [4.69, 9.17) is 0 Å². The van der Waals surface area contributed by atoms with Crippen molar-refractivity contribution in [3.05, 3.63) is 11.4 Å². The fourth-order valence-electron chi connectivity index (χ4n) is 1.92. The highest BCUT2D eigenvalue weighted by atomic mass is 32.2. The quantitative estimate of drug-likeness (QED) is 0.778. The molecule has 0 saturated heterocycles. The van der Waals surface area contributed by atoms with E-state index in [2.05, 4.69) is 29.4 Å². The summed E-state index contributed by atoms with van der Waals surface area (Å²) < 4.78 is 25.9. The number of aromatic nitrogens is 2. The van der Waals surface area contributed by atoms with E-state index in [0.29, 0.717) is 23.9 Å². The van der Waals surface area contributed by atoms with Crippen molar-refractivity contribution in [2.75, 3.05) is 20.1 Å². The molecule has 120 valence electrons. The number of hydrogen-bond acceptors (Lipinski definition) is 4. The van der Waals surface area contributed by atoms with Gasteiger partial charge in [-0.2, -0.15) is 9.40 Å². The Morgan fingerprint density at radius 2 is 2.00 bits per heavy atom. The summed E-state index contributed by atoms with van der Waals surface area (Å²) in [4.78, 5) is 11.9. The first-order valence-corrected chi connectivity index (χ1v) is 8.34. The lowest BCUT2D eigenvalue weighted by molar-refractivity contribution is -0.121. The number of carbonyl (C=O) groups excluding carboxylic acids is 1.